The second-order valence-corrected chi connectivity index (χ2v) is 5.84. The predicted molar refractivity (Wildman–Crippen MR) is 71.0 cm³/mol. The Labute approximate surface area is 109 Å². The number of carboxylic acid groups (broad SMARTS) is 1. The minimum absolute atomic E-state index is 0.0550. The Kier molecular flexibility index (Phi) is 2.59. The average molecular weight is 262 g/mol. The molecule has 0 amide bonds. The number of aliphatic carboxylic acids is 1. The van der Waals surface area contributed by atoms with Crippen molar-refractivity contribution in [3.05, 3.63) is 24.3 Å². The van der Waals surface area contributed by atoms with E-state index in [1.165, 1.54) is 11.8 Å². The topological polar surface area (TPSA) is 55.1 Å². The molecule has 1 saturated carbocycles. The van der Waals surface area contributed by atoms with Gasteiger partial charge in [0.15, 0.2) is 5.16 Å². The minimum atomic E-state index is -0.806. The first-order valence-electron chi connectivity index (χ1n) is 5.93. The molecule has 4 nitrogen and oxygen atoms in total. The summed E-state index contributed by atoms with van der Waals surface area (Å²) >= 11 is 1.30. The molecule has 0 spiro atoms. The molecule has 1 N–H and O–H groups in total. The number of fused-ring (bicyclic) bond motifs is 1. The molecule has 1 aromatic heterocycles. The van der Waals surface area contributed by atoms with Crippen molar-refractivity contribution in [2.24, 2.45) is 0 Å². The quantitative estimate of drug-likeness (QED) is 0.861. The molecule has 3 rings (SSSR count). The van der Waals surface area contributed by atoms with Gasteiger partial charge in [0.25, 0.3) is 0 Å². The van der Waals surface area contributed by atoms with Crippen LogP contribution < -0.4 is 0 Å². The van der Waals surface area contributed by atoms with Crippen molar-refractivity contribution >= 4 is 28.8 Å². The number of para-hydroxylation sites is 2. The van der Waals surface area contributed by atoms with E-state index >= 15 is 0 Å². The summed E-state index contributed by atoms with van der Waals surface area (Å²) in [6.07, 6.45) is 2.27. The number of carbonyl (C=O) groups is 1. The lowest BCUT2D eigenvalue weighted by Gasteiger charge is -2.15. The van der Waals surface area contributed by atoms with Crippen LogP contribution in [0, 0.1) is 0 Å². The van der Waals surface area contributed by atoms with Gasteiger partial charge in [0.2, 0.25) is 0 Å². The fourth-order valence-electron chi connectivity index (χ4n) is 2.15. The van der Waals surface area contributed by atoms with Crippen LogP contribution in [0.25, 0.3) is 11.0 Å². The molecule has 94 valence electrons. The van der Waals surface area contributed by atoms with E-state index in [0.717, 1.165) is 29.0 Å². The second-order valence-electron chi connectivity index (χ2n) is 4.90. The standard InChI is InChI=1S/C13H14N2O2S/c1-13(6-7-13)15-10-5-3-2-4-9(10)14-12(15)18-8-11(16)17/h2-5H,6-8H2,1H3,(H,16,17). The fraction of sp³-hybridized carbons (Fsp3) is 0.385. The van der Waals surface area contributed by atoms with Gasteiger partial charge in [-0.1, -0.05) is 23.9 Å². The van der Waals surface area contributed by atoms with E-state index in [4.69, 9.17) is 5.11 Å². The smallest absolute Gasteiger partial charge is 0.313 e. The first kappa shape index (κ1) is 11.6. The molecule has 1 heterocycles. The van der Waals surface area contributed by atoms with Gasteiger partial charge >= 0.3 is 5.97 Å². The zero-order chi connectivity index (χ0) is 12.8. The van der Waals surface area contributed by atoms with Gasteiger partial charge in [0.1, 0.15) is 0 Å². The van der Waals surface area contributed by atoms with E-state index in [1.54, 1.807) is 0 Å². The van der Waals surface area contributed by atoms with Crippen LogP contribution >= 0.6 is 11.8 Å². The van der Waals surface area contributed by atoms with Gasteiger partial charge in [-0.2, -0.15) is 0 Å². The summed E-state index contributed by atoms with van der Waals surface area (Å²) in [6.45, 7) is 2.20. The molecule has 0 bridgehead atoms. The van der Waals surface area contributed by atoms with Crippen molar-refractivity contribution in [3.63, 3.8) is 0 Å². The van der Waals surface area contributed by atoms with Gasteiger partial charge in [0, 0.05) is 5.54 Å². The second kappa shape index (κ2) is 4.02. The van der Waals surface area contributed by atoms with E-state index in [-0.39, 0.29) is 11.3 Å². The lowest BCUT2D eigenvalue weighted by molar-refractivity contribution is -0.133. The molecular formula is C13H14N2O2S. The van der Waals surface area contributed by atoms with Crippen LogP contribution in [0.4, 0.5) is 0 Å². The van der Waals surface area contributed by atoms with Crippen molar-refractivity contribution in [2.45, 2.75) is 30.5 Å². The van der Waals surface area contributed by atoms with E-state index in [9.17, 15) is 4.79 Å². The summed E-state index contributed by atoms with van der Waals surface area (Å²) in [5, 5.41) is 9.62. The highest BCUT2D eigenvalue weighted by molar-refractivity contribution is 7.99. The molecule has 5 heteroatoms. The third-order valence-corrected chi connectivity index (χ3v) is 4.29. The average Bonchev–Trinajstić information content (AvgIpc) is 2.95. The fourth-order valence-corrected chi connectivity index (χ4v) is 3.02. The highest BCUT2D eigenvalue weighted by Gasteiger charge is 2.42. The molecule has 0 atom stereocenters. The third kappa shape index (κ3) is 1.88. The van der Waals surface area contributed by atoms with Gasteiger partial charge in [-0.15, -0.1) is 0 Å². The molecule has 2 aromatic rings. The van der Waals surface area contributed by atoms with Crippen LogP contribution in [0.2, 0.25) is 0 Å². The monoisotopic (exact) mass is 262 g/mol. The van der Waals surface area contributed by atoms with Crippen molar-refractivity contribution in [3.8, 4) is 0 Å². The lowest BCUT2D eigenvalue weighted by Crippen LogP contribution is -2.14. The number of aromatic nitrogens is 2. The highest BCUT2D eigenvalue weighted by atomic mass is 32.2. The van der Waals surface area contributed by atoms with E-state index in [1.807, 2.05) is 18.2 Å². The van der Waals surface area contributed by atoms with Gasteiger partial charge < -0.3 is 9.67 Å². The van der Waals surface area contributed by atoms with Crippen LogP contribution in [0.3, 0.4) is 0 Å². The summed E-state index contributed by atoms with van der Waals surface area (Å²) < 4.78 is 2.20. The van der Waals surface area contributed by atoms with Crippen molar-refractivity contribution < 1.29 is 9.90 Å². The molecule has 0 unspecified atom stereocenters. The Morgan fingerprint density at radius 2 is 2.22 bits per heavy atom. The van der Waals surface area contributed by atoms with Gasteiger partial charge in [-0.05, 0) is 31.9 Å². The molecule has 18 heavy (non-hydrogen) atoms. The summed E-state index contributed by atoms with van der Waals surface area (Å²) in [6, 6.07) is 7.98. The summed E-state index contributed by atoms with van der Waals surface area (Å²) in [5.74, 6) is -0.751. The third-order valence-electron chi connectivity index (χ3n) is 3.37. The largest absolute Gasteiger partial charge is 0.481 e. The van der Waals surface area contributed by atoms with Crippen LogP contribution in [0.5, 0.6) is 0 Å². The Morgan fingerprint density at radius 1 is 1.50 bits per heavy atom. The van der Waals surface area contributed by atoms with Gasteiger partial charge in [-0.25, -0.2) is 4.98 Å². The normalized spacial score (nSPS) is 16.9. The molecule has 1 aliphatic rings. The number of hydrogen-bond donors (Lipinski definition) is 1. The molecule has 0 aliphatic heterocycles. The Bertz CT molecular complexity index is 616. The molecule has 1 aromatic carbocycles. The maximum Gasteiger partial charge on any atom is 0.313 e. The first-order chi connectivity index (χ1) is 8.60. The van der Waals surface area contributed by atoms with Crippen molar-refractivity contribution in [1.82, 2.24) is 9.55 Å². The maximum absolute atomic E-state index is 10.7. The highest BCUT2D eigenvalue weighted by Crippen LogP contribution is 2.47. The van der Waals surface area contributed by atoms with Crippen molar-refractivity contribution in [2.75, 3.05) is 5.75 Å². The zero-order valence-electron chi connectivity index (χ0n) is 10.1. The maximum atomic E-state index is 10.7. The SMILES string of the molecule is CC1(n2c(SCC(=O)O)nc3ccccc32)CC1. The molecule has 1 fully saturated rings. The molecule has 0 radical (unpaired) electrons. The van der Waals surface area contributed by atoms with E-state index in [0.29, 0.717) is 0 Å². The van der Waals surface area contributed by atoms with Crippen LogP contribution in [-0.4, -0.2) is 26.4 Å². The Hall–Kier alpha value is -1.49. The number of imidazole rings is 1. The van der Waals surface area contributed by atoms with Crippen molar-refractivity contribution in [1.29, 1.82) is 0 Å². The van der Waals surface area contributed by atoms with Gasteiger partial charge in [-0.3, -0.25) is 4.79 Å². The molecule has 0 saturated heterocycles. The number of carboxylic acids is 1. The first-order valence-corrected chi connectivity index (χ1v) is 6.91. The number of rotatable bonds is 4. The van der Waals surface area contributed by atoms with E-state index in [2.05, 4.69) is 22.5 Å². The lowest BCUT2D eigenvalue weighted by atomic mass is 10.2. The number of thioether (sulfide) groups is 1. The van der Waals surface area contributed by atoms with E-state index < -0.39 is 5.97 Å². The Balaban J connectivity index is 2.09. The summed E-state index contributed by atoms with van der Waals surface area (Å²) in [5.41, 5.74) is 2.17. The van der Waals surface area contributed by atoms with Crippen LogP contribution in [-0.2, 0) is 10.3 Å². The Morgan fingerprint density at radius 3 is 2.89 bits per heavy atom. The summed E-state index contributed by atoms with van der Waals surface area (Å²) in [4.78, 5) is 15.3. The molecular weight excluding hydrogens is 248 g/mol. The molecule has 1 aliphatic carbocycles. The van der Waals surface area contributed by atoms with Crippen LogP contribution in [0.15, 0.2) is 29.4 Å². The number of benzene rings is 1. The van der Waals surface area contributed by atoms with Gasteiger partial charge in [0.05, 0.1) is 16.8 Å². The van der Waals surface area contributed by atoms with Crippen LogP contribution in [0.1, 0.15) is 19.8 Å². The number of hydrogen-bond acceptors (Lipinski definition) is 3. The zero-order valence-corrected chi connectivity index (χ0v) is 10.9. The predicted octanol–water partition coefficient (Wildman–Crippen LogP) is 2.72. The number of nitrogens with zero attached hydrogens (tertiary/aromatic N) is 2. The summed E-state index contributed by atoms with van der Waals surface area (Å²) in [7, 11) is 0. The minimum Gasteiger partial charge on any atom is -0.481 e.